The number of nitrogens with two attached hydrogens (primary N) is 1. The number of pyridine rings is 1. The fourth-order valence-corrected chi connectivity index (χ4v) is 3.46. The normalized spacial score (nSPS) is 11.5. The Hall–Kier alpha value is -2.79. The second kappa shape index (κ2) is 6.26. The molecular formula is C20H23N4O+. The van der Waals surface area contributed by atoms with Crippen LogP contribution in [-0.4, -0.2) is 25.2 Å². The van der Waals surface area contributed by atoms with Crippen molar-refractivity contribution in [2.45, 2.75) is 13.3 Å². The molecule has 0 atom stereocenters. The number of H-pyrrole nitrogens is 2. The van der Waals surface area contributed by atoms with Gasteiger partial charge in [0.25, 0.3) is 5.82 Å². The Labute approximate surface area is 146 Å². The average molecular weight is 335 g/mol. The highest BCUT2D eigenvalue weighted by Gasteiger charge is 2.18. The first-order chi connectivity index (χ1) is 12.2. The number of methoxy groups -OCH3 is 1. The lowest BCUT2D eigenvalue weighted by Crippen LogP contribution is -2.16. The minimum Gasteiger partial charge on any atom is -0.497 e. The van der Waals surface area contributed by atoms with Crippen LogP contribution in [0.2, 0.25) is 0 Å². The summed E-state index contributed by atoms with van der Waals surface area (Å²) in [4.78, 5) is 6.99. The molecule has 0 bridgehead atoms. The molecule has 128 valence electrons. The molecular weight excluding hydrogens is 312 g/mol. The van der Waals surface area contributed by atoms with Crippen molar-refractivity contribution >= 4 is 38.4 Å². The van der Waals surface area contributed by atoms with Crippen LogP contribution in [0.15, 0.2) is 36.5 Å². The van der Waals surface area contributed by atoms with Crippen LogP contribution in [0, 0.1) is 6.92 Å². The molecule has 5 nitrogen and oxygen atoms in total. The molecule has 5 heteroatoms. The molecule has 4 aromatic rings. The number of aromatic nitrogens is 2. The molecule has 2 aromatic heterocycles. The molecule has 0 saturated heterocycles. The fourth-order valence-electron chi connectivity index (χ4n) is 3.46. The number of ether oxygens (including phenoxy) is 1. The summed E-state index contributed by atoms with van der Waals surface area (Å²) in [5.74, 6) is 1.90. The molecule has 0 aliphatic carbocycles. The predicted octanol–water partition coefficient (Wildman–Crippen LogP) is 3.37. The standard InChI is InChI=1S/C20H22N4O/c1-12-11-23-20(22-9-3-8-21)18-17-15-6-5-14(25-2)10-13(15)4-7-16(17)24-19(12)18/h4-7,10-11,24H,3,8-9,21H2,1-2H3,(H,22,23)/p+1. The van der Waals surface area contributed by atoms with Gasteiger partial charge in [0.2, 0.25) is 0 Å². The molecule has 25 heavy (non-hydrogen) atoms. The third-order valence-electron chi connectivity index (χ3n) is 4.75. The van der Waals surface area contributed by atoms with E-state index in [1.54, 1.807) is 7.11 Å². The van der Waals surface area contributed by atoms with Gasteiger partial charge in [-0.2, -0.15) is 0 Å². The molecule has 2 aromatic carbocycles. The van der Waals surface area contributed by atoms with Crippen LogP contribution in [0.4, 0.5) is 5.82 Å². The summed E-state index contributed by atoms with van der Waals surface area (Å²) in [5.41, 5.74) is 9.12. The van der Waals surface area contributed by atoms with Crippen LogP contribution in [0.5, 0.6) is 5.75 Å². The highest BCUT2D eigenvalue weighted by Crippen LogP contribution is 2.36. The van der Waals surface area contributed by atoms with Crippen molar-refractivity contribution < 1.29 is 9.72 Å². The highest BCUT2D eigenvalue weighted by molar-refractivity contribution is 6.23. The molecule has 0 aliphatic rings. The molecule has 0 saturated carbocycles. The Morgan fingerprint density at radius 3 is 2.88 bits per heavy atom. The lowest BCUT2D eigenvalue weighted by atomic mass is 10.0. The van der Waals surface area contributed by atoms with Crippen molar-refractivity contribution in [2.24, 2.45) is 5.73 Å². The Kier molecular flexibility index (Phi) is 3.93. The number of aromatic amines is 2. The predicted molar refractivity (Wildman–Crippen MR) is 103 cm³/mol. The van der Waals surface area contributed by atoms with Gasteiger partial charge in [-0.25, -0.2) is 4.98 Å². The molecule has 0 aliphatic heterocycles. The van der Waals surface area contributed by atoms with E-state index in [9.17, 15) is 0 Å². The van der Waals surface area contributed by atoms with Crippen molar-refractivity contribution in [1.82, 2.24) is 4.98 Å². The maximum absolute atomic E-state index is 5.63. The topological polar surface area (TPSA) is 77.2 Å². The number of rotatable bonds is 5. The number of anilines is 1. The van der Waals surface area contributed by atoms with Crippen molar-refractivity contribution in [3.05, 3.63) is 42.1 Å². The lowest BCUT2D eigenvalue weighted by molar-refractivity contribution is -0.359. The molecule has 0 spiro atoms. The summed E-state index contributed by atoms with van der Waals surface area (Å²) in [5, 5.41) is 8.31. The summed E-state index contributed by atoms with van der Waals surface area (Å²) < 4.78 is 5.37. The first-order valence-corrected chi connectivity index (χ1v) is 8.60. The zero-order chi connectivity index (χ0) is 17.4. The number of hydrogen-bond acceptors (Lipinski definition) is 3. The smallest absolute Gasteiger partial charge is 0.282 e. The van der Waals surface area contributed by atoms with Gasteiger partial charge in [0.15, 0.2) is 0 Å². The Bertz CT molecular complexity index is 1070. The van der Waals surface area contributed by atoms with Crippen LogP contribution in [0.1, 0.15) is 12.0 Å². The van der Waals surface area contributed by atoms with E-state index in [1.807, 2.05) is 12.3 Å². The monoisotopic (exact) mass is 335 g/mol. The number of nitrogens with one attached hydrogen (secondary N) is 3. The van der Waals surface area contributed by atoms with Gasteiger partial charge in [-0.3, -0.25) is 5.32 Å². The van der Waals surface area contributed by atoms with E-state index in [-0.39, 0.29) is 0 Å². The highest BCUT2D eigenvalue weighted by atomic mass is 16.5. The van der Waals surface area contributed by atoms with E-state index in [0.717, 1.165) is 35.6 Å². The van der Waals surface area contributed by atoms with Crippen LogP contribution in [0.25, 0.3) is 32.6 Å². The molecule has 0 radical (unpaired) electrons. The SMILES string of the molecule is COc1ccc2c(ccc3[nH]c4c(C)c[nH+]c(NCCCN)c4c32)c1. The van der Waals surface area contributed by atoms with Crippen LogP contribution >= 0.6 is 0 Å². The zero-order valence-corrected chi connectivity index (χ0v) is 14.6. The summed E-state index contributed by atoms with van der Waals surface area (Å²) in [6.07, 6.45) is 2.97. The van der Waals surface area contributed by atoms with Crippen molar-refractivity contribution in [3.63, 3.8) is 0 Å². The van der Waals surface area contributed by atoms with Gasteiger partial charge in [-0.15, -0.1) is 0 Å². The molecule has 0 unspecified atom stereocenters. The summed E-state index contributed by atoms with van der Waals surface area (Å²) >= 11 is 0. The lowest BCUT2D eigenvalue weighted by Gasteiger charge is -2.05. The number of aryl methyl sites for hydroxylation is 1. The molecule has 0 fully saturated rings. The van der Waals surface area contributed by atoms with E-state index in [1.165, 1.54) is 27.1 Å². The first-order valence-electron chi connectivity index (χ1n) is 8.60. The van der Waals surface area contributed by atoms with Gasteiger partial charge in [-0.05, 0) is 54.9 Å². The van der Waals surface area contributed by atoms with Gasteiger partial charge >= 0.3 is 0 Å². The Balaban J connectivity index is 2.03. The number of benzene rings is 2. The minimum absolute atomic E-state index is 0.679. The van der Waals surface area contributed by atoms with Gasteiger partial charge in [-0.1, -0.05) is 6.07 Å². The van der Waals surface area contributed by atoms with E-state index in [4.69, 9.17) is 10.5 Å². The van der Waals surface area contributed by atoms with Gasteiger partial charge in [0.05, 0.1) is 30.8 Å². The Morgan fingerprint density at radius 1 is 1.20 bits per heavy atom. The van der Waals surface area contributed by atoms with Gasteiger partial charge in [0, 0.05) is 16.5 Å². The fraction of sp³-hybridized carbons (Fsp3) is 0.250. The zero-order valence-electron chi connectivity index (χ0n) is 14.6. The second-order valence-electron chi connectivity index (χ2n) is 6.37. The van der Waals surface area contributed by atoms with Crippen LogP contribution in [-0.2, 0) is 0 Å². The quantitative estimate of drug-likeness (QED) is 0.489. The van der Waals surface area contributed by atoms with Crippen LogP contribution in [0.3, 0.4) is 0 Å². The van der Waals surface area contributed by atoms with Crippen molar-refractivity contribution in [3.8, 4) is 5.75 Å². The molecule has 4 rings (SSSR count). The number of fused-ring (bicyclic) bond motifs is 5. The minimum atomic E-state index is 0.679. The maximum atomic E-state index is 5.63. The summed E-state index contributed by atoms with van der Waals surface area (Å²) in [6.45, 7) is 3.64. The summed E-state index contributed by atoms with van der Waals surface area (Å²) in [6, 6.07) is 10.5. The van der Waals surface area contributed by atoms with E-state index in [2.05, 4.69) is 46.5 Å². The number of hydrogen-bond donors (Lipinski definition) is 3. The Morgan fingerprint density at radius 2 is 2.08 bits per heavy atom. The first kappa shape index (κ1) is 15.7. The third-order valence-corrected chi connectivity index (χ3v) is 4.75. The van der Waals surface area contributed by atoms with E-state index >= 15 is 0 Å². The van der Waals surface area contributed by atoms with E-state index < -0.39 is 0 Å². The molecule has 2 heterocycles. The van der Waals surface area contributed by atoms with Gasteiger partial charge < -0.3 is 15.5 Å². The van der Waals surface area contributed by atoms with Crippen molar-refractivity contribution in [2.75, 3.05) is 25.5 Å². The largest absolute Gasteiger partial charge is 0.497 e. The maximum Gasteiger partial charge on any atom is 0.282 e. The average Bonchev–Trinajstić information content (AvgIpc) is 3.04. The third kappa shape index (κ3) is 2.57. The second-order valence-corrected chi connectivity index (χ2v) is 6.37. The molecule has 5 N–H and O–H groups in total. The van der Waals surface area contributed by atoms with E-state index in [0.29, 0.717) is 6.54 Å². The van der Waals surface area contributed by atoms with Crippen LogP contribution < -0.4 is 20.8 Å². The van der Waals surface area contributed by atoms with Gasteiger partial charge in [0.1, 0.15) is 5.75 Å². The molecule has 0 amide bonds. The summed E-state index contributed by atoms with van der Waals surface area (Å²) in [7, 11) is 1.70. The van der Waals surface area contributed by atoms with Crippen molar-refractivity contribution in [1.29, 1.82) is 0 Å².